The molecule has 0 N–H and O–H groups in total. The van der Waals surface area contributed by atoms with E-state index in [0.717, 1.165) is 6.39 Å². The molecular weight excluding hydrogens is 306 g/mol. The number of rotatable bonds is 3. The average molecular weight is 311 g/mol. The van der Waals surface area contributed by atoms with Crippen LogP contribution < -0.4 is 4.74 Å². The van der Waals surface area contributed by atoms with E-state index in [0.29, 0.717) is 5.56 Å². The number of benzene rings is 1. The van der Waals surface area contributed by atoms with E-state index in [-0.39, 0.29) is 11.6 Å². The van der Waals surface area contributed by atoms with Crippen molar-refractivity contribution in [2.45, 2.75) is 0 Å². The summed E-state index contributed by atoms with van der Waals surface area (Å²) in [5, 5.41) is 7.16. The van der Waals surface area contributed by atoms with Crippen LogP contribution >= 0.6 is 0 Å². The minimum absolute atomic E-state index is 0.0499. The van der Waals surface area contributed by atoms with Crippen molar-refractivity contribution < 1.29 is 26.7 Å². The van der Waals surface area contributed by atoms with Crippen LogP contribution in [0.15, 0.2) is 35.1 Å². The molecule has 22 heavy (non-hydrogen) atoms. The summed E-state index contributed by atoms with van der Waals surface area (Å²) in [6, 6.07) is 5.56. The van der Waals surface area contributed by atoms with E-state index in [2.05, 4.69) is 15.2 Å². The first kappa shape index (κ1) is 14.0. The molecule has 0 amide bonds. The zero-order valence-corrected chi connectivity index (χ0v) is 10.6. The normalized spacial score (nSPS) is 10.7. The van der Waals surface area contributed by atoms with Crippen LogP contribution in [0.2, 0.25) is 0 Å². The quantitative estimate of drug-likeness (QED) is 0.547. The van der Waals surface area contributed by atoms with Gasteiger partial charge in [0.15, 0.2) is 0 Å². The highest BCUT2D eigenvalue weighted by Crippen LogP contribution is 2.30. The molecule has 0 radical (unpaired) electrons. The molecule has 0 aliphatic carbocycles. The molecule has 0 fully saturated rings. The number of hydrogen-bond donors (Lipinski definition) is 0. The van der Waals surface area contributed by atoms with Crippen LogP contribution in [-0.4, -0.2) is 15.2 Å². The molecule has 2 heterocycles. The molecular formula is C13H5F4N3O2. The lowest BCUT2D eigenvalue weighted by Gasteiger charge is -2.08. The lowest BCUT2D eigenvalue weighted by molar-refractivity contribution is 0.343. The van der Waals surface area contributed by atoms with Crippen LogP contribution in [-0.2, 0) is 0 Å². The van der Waals surface area contributed by atoms with Crippen molar-refractivity contribution in [2.75, 3.05) is 0 Å². The summed E-state index contributed by atoms with van der Waals surface area (Å²) in [4.78, 5) is 2.43. The van der Waals surface area contributed by atoms with Gasteiger partial charge in [-0.15, -0.1) is 10.2 Å². The summed E-state index contributed by atoms with van der Waals surface area (Å²) in [6.45, 7) is 0. The molecule has 0 saturated carbocycles. The topological polar surface area (TPSA) is 61.0 Å². The Morgan fingerprint density at radius 3 is 2.09 bits per heavy atom. The smallest absolute Gasteiger partial charge is 0.255 e. The van der Waals surface area contributed by atoms with E-state index < -0.39 is 29.3 Å². The van der Waals surface area contributed by atoms with E-state index >= 15 is 0 Å². The Morgan fingerprint density at radius 1 is 0.909 bits per heavy atom. The minimum atomic E-state index is -1.80. The highest BCUT2D eigenvalue weighted by molar-refractivity contribution is 5.54. The highest BCUT2D eigenvalue weighted by atomic mass is 19.2. The Morgan fingerprint density at radius 2 is 1.55 bits per heavy atom. The number of aromatic nitrogens is 3. The maximum atomic E-state index is 13.4. The van der Waals surface area contributed by atoms with Gasteiger partial charge >= 0.3 is 0 Å². The van der Waals surface area contributed by atoms with E-state index in [9.17, 15) is 17.6 Å². The summed E-state index contributed by atoms with van der Waals surface area (Å²) in [6.07, 6.45) is 1.13. The summed E-state index contributed by atoms with van der Waals surface area (Å²) in [5.74, 6) is -8.07. The van der Waals surface area contributed by atoms with Crippen molar-refractivity contribution in [1.29, 1.82) is 0 Å². The summed E-state index contributed by atoms with van der Waals surface area (Å²) >= 11 is 0. The second-order valence-electron chi connectivity index (χ2n) is 4.02. The Hall–Kier alpha value is -2.97. The van der Waals surface area contributed by atoms with E-state index in [1.165, 1.54) is 24.3 Å². The maximum absolute atomic E-state index is 13.4. The third-order valence-corrected chi connectivity index (χ3v) is 2.64. The molecule has 0 unspecified atom stereocenters. The maximum Gasteiger partial charge on any atom is 0.255 e. The molecule has 0 aliphatic rings. The number of pyridine rings is 1. The molecule has 9 heteroatoms. The fourth-order valence-corrected chi connectivity index (χ4v) is 1.64. The molecule has 3 aromatic rings. The highest BCUT2D eigenvalue weighted by Gasteiger charge is 2.22. The molecule has 3 rings (SSSR count). The van der Waals surface area contributed by atoms with Crippen LogP contribution in [0.25, 0.3) is 11.5 Å². The molecule has 0 bridgehead atoms. The Kier molecular flexibility index (Phi) is 3.45. The van der Waals surface area contributed by atoms with Gasteiger partial charge in [-0.3, -0.25) is 0 Å². The van der Waals surface area contributed by atoms with E-state index in [4.69, 9.17) is 9.15 Å². The zero-order chi connectivity index (χ0) is 15.7. The van der Waals surface area contributed by atoms with Crippen LogP contribution in [0.1, 0.15) is 0 Å². The van der Waals surface area contributed by atoms with Crippen molar-refractivity contribution in [1.82, 2.24) is 15.2 Å². The minimum Gasteiger partial charge on any atom is -0.451 e. The SMILES string of the molecule is Fc1nc(F)c(F)c(Oc2ccc(-c3nnco3)cc2)c1F. The third-order valence-electron chi connectivity index (χ3n) is 2.64. The molecule has 0 aliphatic heterocycles. The van der Waals surface area contributed by atoms with Gasteiger partial charge in [0.05, 0.1) is 0 Å². The molecule has 0 saturated heterocycles. The van der Waals surface area contributed by atoms with E-state index in [1.807, 2.05) is 0 Å². The van der Waals surface area contributed by atoms with Crippen LogP contribution in [0.5, 0.6) is 11.5 Å². The number of ether oxygens (including phenoxy) is 1. The van der Waals surface area contributed by atoms with E-state index in [1.54, 1.807) is 0 Å². The van der Waals surface area contributed by atoms with Gasteiger partial charge in [0.25, 0.3) is 11.9 Å². The third kappa shape index (κ3) is 2.48. The molecule has 0 atom stereocenters. The standard InChI is InChI=1S/C13H5F4N3O2/c14-8-10(9(15)12(17)19-11(8)16)22-7-3-1-6(2-4-7)13-20-18-5-21-13/h1-5H. The fraction of sp³-hybridized carbons (Fsp3) is 0. The first-order valence-electron chi connectivity index (χ1n) is 5.80. The Balaban J connectivity index is 1.91. The van der Waals surface area contributed by atoms with Gasteiger partial charge in [-0.2, -0.15) is 22.5 Å². The molecule has 5 nitrogen and oxygen atoms in total. The predicted octanol–water partition coefficient (Wildman–Crippen LogP) is 3.48. The van der Waals surface area contributed by atoms with Crippen molar-refractivity contribution in [2.24, 2.45) is 0 Å². The van der Waals surface area contributed by atoms with Gasteiger partial charge in [0.2, 0.25) is 29.7 Å². The van der Waals surface area contributed by atoms with Gasteiger partial charge in [-0.25, -0.2) is 0 Å². The lowest BCUT2D eigenvalue weighted by Crippen LogP contribution is -2.03. The van der Waals surface area contributed by atoms with Crippen molar-refractivity contribution >= 4 is 0 Å². The van der Waals surface area contributed by atoms with Gasteiger partial charge in [0.1, 0.15) is 5.75 Å². The second-order valence-corrected chi connectivity index (χ2v) is 4.02. The predicted molar refractivity (Wildman–Crippen MR) is 63.9 cm³/mol. The Bertz CT molecular complexity index is 781. The Labute approximate surface area is 120 Å². The van der Waals surface area contributed by atoms with Gasteiger partial charge in [0, 0.05) is 5.56 Å². The second kappa shape index (κ2) is 5.43. The number of hydrogen-bond acceptors (Lipinski definition) is 5. The molecule has 0 spiro atoms. The van der Waals surface area contributed by atoms with Crippen LogP contribution in [0, 0.1) is 23.5 Å². The van der Waals surface area contributed by atoms with Gasteiger partial charge in [-0.05, 0) is 24.3 Å². The molecule has 112 valence electrons. The summed E-state index contributed by atoms with van der Waals surface area (Å²) in [5.41, 5.74) is 0.526. The monoisotopic (exact) mass is 311 g/mol. The van der Waals surface area contributed by atoms with Crippen molar-refractivity contribution in [3.8, 4) is 23.0 Å². The van der Waals surface area contributed by atoms with Crippen molar-refractivity contribution in [3.63, 3.8) is 0 Å². The fourth-order valence-electron chi connectivity index (χ4n) is 1.64. The largest absolute Gasteiger partial charge is 0.451 e. The summed E-state index contributed by atoms with van der Waals surface area (Å²) < 4.78 is 62.6. The summed E-state index contributed by atoms with van der Waals surface area (Å²) in [7, 11) is 0. The number of halogens is 4. The van der Waals surface area contributed by atoms with Gasteiger partial charge in [-0.1, -0.05) is 0 Å². The first-order chi connectivity index (χ1) is 10.6. The lowest BCUT2D eigenvalue weighted by atomic mass is 10.2. The molecule has 2 aromatic heterocycles. The van der Waals surface area contributed by atoms with Crippen LogP contribution in [0.4, 0.5) is 17.6 Å². The average Bonchev–Trinajstić information content (AvgIpc) is 3.05. The van der Waals surface area contributed by atoms with Gasteiger partial charge < -0.3 is 9.15 Å². The van der Waals surface area contributed by atoms with Crippen LogP contribution in [0.3, 0.4) is 0 Å². The first-order valence-corrected chi connectivity index (χ1v) is 5.80. The molecule has 1 aromatic carbocycles. The number of nitrogens with zero attached hydrogens (tertiary/aromatic N) is 3. The zero-order valence-electron chi connectivity index (χ0n) is 10.6. The van der Waals surface area contributed by atoms with Crippen molar-refractivity contribution in [3.05, 3.63) is 54.2 Å².